The highest BCUT2D eigenvalue weighted by Gasteiger charge is 2.11. The van der Waals surface area contributed by atoms with Gasteiger partial charge in [-0.1, -0.05) is 18.2 Å². The first-order valence-corrected chi connectivity index (χ1v) is 5.01. The normalized spacial score (nSPS) is 12.3. The van der Waals surface area contributed by atoms with Gasteiger partial charge in [0.1, 0.15) is 6.04 Å². The summed E-state index contributed by atoms with van der Waals surface area (Å²) in [7, 11) is 0. The molecule has 0 bridgehead atoms. The molecule has 0 aliphatic rings. The van der Waals surface area contributed by atoms with Crippen LogP contribution in [0.25, 0.3) is 10.9 Å². The molecule has 82 valence electrons. The summed E-state index contributed by atoms with van der Waals surface area (Å²) in [5, 5.41) is 12.7. The van der Waals surface area contributed by atoms with Crippen LogP contribution in [-0.2, 0) is 4.79 Å². The monoisotopic (exact) mass is 216 g/mol. The van der Waals surface area contributed by atoms with Crippen molar-refractivity contribution >= 4 is 22.6 Å². The number of fused-ring (bicyclic) bond motifs is 1. The predicted octanol–water partition coefficient (Wildman–Crippen LogP) is 2.12. The number of carbonyl (C=O) groups is 1. The molecule has 2 rings (SSSR count). The van der Waals surface area contributed by atoms with E-state index in [-0.39, 0.29) is 0 Å². The Bertz CT molecular complexity index is 520. The largest absolute Gasteiger partial charge is 0.480 e. The number of pyridine rings is 1. The Morgan fingerprint density at radius 3 is 2.88 bits per heavy atom. The fraction of sp³-hybridized carbons (Fsp3) is 0.167. The lowest BCUT2D eigenvalue weighted by Crippen LogP contribution is -2.25. The second kappa shape index (κ2) is 4.18. The van der Waals surface area contributed by atoms with E-state index < -0.39 is 12.0 Å². The van der Waals surface area contributed by atoms with Gasteiger partial charge in [-0.05, 0) is 19.1 Å². The van der Waals surface area contributed by atoms with E-state index in [9.17, 15) is 4.79 Å². The van der Waals surface area contributed by atoms with Gasteiger partial charge >= 0.3 is 5.97 Å². The molecule has 1 aromatic heterocycles. The Morgan fingerprint density at radius 1 is 1.38 bits per heavy atom. The molecular formula is C12H12N2O2. The minimum atomic E-state index is -0.874. The average Bonchev–Trinajstić information content (AvgIpc) is 2.29. The fourth-order valence-corrected chi connectivity index (χ4v) is 1.52. The van der Waals surface area contributed by atoms with E-state index >= 15 is 0 Å². The van der Waals surface area contributed by atoms with Crippen LogP contribution in [-0.4, -0.2) is 22.1 Å². The Labute approximate surface area is 92.9 Å². The van der Waals surface area contributed by atoms with Gasteiger partial charge in [0, 0.05) is 17.3 Å². The smallest absolute Gasteiger partial charge is 0.325 e. The molecule has 0 amide bonds. The van der Waals surface area contributed by atoms with Crippen LogP contribution in [0.5, 0.6) is 0 Å². The molecule has 1 aromatic carbocycles. The number of nitrogens with zero attached hydrogens (tertiary/aromatic N) is 1. The molecule has 0 saturated carbocycles. The van der Waals surface area contributed by atoms with Gasteiger partial charge in [-0.2, -0.15) is 0 Å². The number of hydrogen-bond acceptors (Lipinski definition) is 3. The maximum Gasteiger partial charge on any atom is 0.325 e. The lowest BCUT2D eigenvalue weighted by Gasteiger charge is -2.12. The highest BCUT2D eigenvalue weighted by atomic mass is 16.4. The summed E-state index contributed by atoms with van der Waals surface area (Å²) >= 11 is 0. The molecule has 0 fully saturated rings. The van der Waals surface area contributed by atoms with Crippen LogP contribution in [0.4, 0.5) is 5.69 Å². The molecule has 4 nitrogen and oxygen atoms in total. The molecule has 0 unspecified atom stereocenters. The van der Waals surface area contributed by atoms with Crippen LogP contribution in [0.15, 0.2) is 36.5 Å². The summed E-state index contributed by atoms with van der Waals surface area (Å²) in [6.45, 7) is 1.61. The number of nitrogens with one attached hydrogen (secondary N) is 1. The first kappa shape index (κ1) is 10.4. The van der Waals surface area contributed by atoms with E-state index in [2.05, 4.69) is 10.3 Å². The molecule has 0 radical (unpaired) electrons. The second-order valence-corrected chi connectivity index (χ2v) is 3.58. The minimum absolute atomic E-state index is 0.620. The number of carboxylic acid groups (broad SMARTS) is 1. The van der Waals surface area contributed by atoms with Crippen molar-refractivity contribution in [3.63, 3.8) is 0 Å². The number of para-hydroxylation sites is 1. The molecule has 0 aliphatic carbocycles. The molecular weight excluding hydrogens is 204 g/mol. The van der Waals surface area contributed by atoms with Crippen LogP contribution in [0.3, 0.4) is 0 Å². The van der Waals surface area contributed by atoms with E-state index in [1.807, 2.05) is 24.3 Å². The number of hydrogen-bond donors (Lipinski definition) is 2. The van der Waals surface area contributed by atoms with Crippen LogP contribution < -0.4 is 5.32 Å². The lowest BCUT2D eigenvalue weighted by atomic mass is 10.2. The zero-order valence-corrected chi connectivity index (χ0v) is 8.84. The number of carboxylic acids is 1. The van der Waals surface area contributed by atoms with Gasteiger partial charge in [-0.25, -0.2) is 0 Å². The van der Waals surface area contributed by atoms with E-state index in [1.165, 1.54) is 0 Å². The topological polar surface area (TPSA) is 62.2 Å². The molecule has 2 aromatic rings. The molecule has 4 heteroatoms. The zero-order valence-electron chi connectivity index (χ0n) is 8.84. The third kappa shape index (κ3) is 1.95. The van der Waals surface area contributed by atoms with Crippen molar-refractivity contribution in [2.75, 3.05) is 5.32 Å². The Balaban J connectivity index is 2.41. The van der Waals surface area contributed by atoms with E-state index in [0.717, 1.165) is 16.6 Å². The zero-order chi connectivity index (χ0) is 11.5. The van der Waals surface area contributed by atoms with E-state index in [1.54, 1.807) is 19.2 Å². The van der Waals surface area contributed by atoms with Crippen molar-refractivity contribution in [2.45, 2.75) is 13.0 Å². The first-order valence-electron chi connectivity index (χ1n) is 5.01. The molecule has 0 spiro atoms. The molecule has 16 heavy (non-hydrogen) atoms. The third-order valence-corrected chi connectivity index (χ3v) is 2.39. The van der Waals surface area contributed by atoms with Gasteiger partial charge < -0.3 is 10.4 Å². The maximum absolute atomic E-state index is 10.8. The van der Waals surface area contributed by atoms with Crippen molar-refractivity contribution in [1.82, 2.24) is 4.98 Å². The van der Waals surface area contributed by atoms with Crippen LogP contribution in [0.1, 0.15) is 6.92 Å². The third-order valence-electron chi connectivity index (χ3n) is 2.39. The SMILES string of the molecule is C[C@H](Nc1ccnc2ccccc12)C(=O)O. The average molecular weight is 216 g/mol. The number of benzene rings is 1. The number of aromatic nitrogens is 1. The molecule has 1 atom stereocenters. The van der Waals surface area contributed by atoms with Crippen molar-refractivity contribution in [2.24, 2.45) is 0 Å². The van der Waals surface area contributed by atoms with Crippen molar-refractivity contribution in [1.29, 1.82) is 0 Å². The summed E-state index contributed by atoms with van der Waals surface area (Å²) in [5.41, 5.74) is 1.64. The Kier molecular flexibility index (Phi) is 2.72. The van der Waals surface area contributed by atoms with Crippen molar-refractivity contribution in [3.8, 4) is 0 Å². The Hall–Kier alpha value is -2.10. The molecule has 0 aliphatic heterocycles. The van der Waals surface area contributed by atoms with Gasteiger partial charge in [0.25, 0.3) is 0 Å². The quantitative estimate of drug-likeness (QED) is 0.824. The molecule has 0 saturated heterocycles. The maximum atomic E-state index is 10.8. The van der Waals surface area contributed by atoms with Crippen LogP contribution in [0, 0.1) is 0 Å². The number of aliphatic carboxylic acids is 1. The van der Waals surface area contributed by atoms with Gasteiger partial charge in [0.05, 0.1) is 5.52 Å². The number of rotatable bonds is 3. The first-order chi connectivity index (χ1) is 7.68. The Morgan fingerprint density at radius 2 is 2.12 bits per heavy atom. The van der Waals surface area contributed by atoms with Gasteiger partial charge in [0.15, 0.2) is 0 Å². The fourth-order valence-electron chi connectivity index (χ4n) is 1.52. The lowest BCUT2D eigenvalue weighted by molar-refractivity contribution is -0.137. The summed E-state index contributed by atoms with van der Waals surface area (Å²) < 4.78 is 0. The highest BCUT2D eigenvalue weighted by molar-refractivity contribution is 5.92. The molecule has 1 heterocycles. The van der Waals surface area contributed by atoms with Gasteiger partial charge in [-0.3, -0.25) is 9.78 Å². The van der Waals surface area contributed by atoms with Gasteiger partial charge in [0.2, 0.25) is 0 Å². The number of anilines is 1. The summed E-state index contributed by atoms with van der Waals surface area (Å²) in [4.78, 5) is 15.0. The molecule has 2 N–H and O–H groups in total. The summed E-state index contributed by atoms with van der Waals surface area (Å²) in [5.74, 6) is -0.874. The summed E-state index contributed by atoms with van der Waals surface area (Å²) in [6, 6.07) is 8.78. The minimum Gasteiger partial charge on any atom is -0.480 e. The standard InChI is InChI=1S/C12H12N2O2/c1-8(12(15)16)14-11-6-7-13-10-5-3-2-4-9(10)11/h2-8H,1H3,(H,13,14)(H,15,16)/t8-/m0/s1. The van der Waals surface area contributed by atoms with Crippen molar-refractivity contribution in [3.05, 3.63) is 36.5 Å². The van der Waals surface area contributed by atoms with E-state index in [0.29, 0.717) is 0 Å². The predicted molar refractivity (Wildman–Crippen MR) is 62.5 cm³/mol. The second-order valence-electron chi connectivity index (χ2n) is 3.58. The van der Waals surface area contributed by atoms with Crippen molar-refractivity contribution < 1.29 is 9.90 Å². The summed E-state index contributed by atoms with van der Waals surface area (Å²) in [6.07, 6.45) is 1.67. The highest BCUT2D eigenvalue weighted by Crippen LogP contribution is 2.21. The van der Waals surface area contributed by atoms with E-state index in [4.69, 9.17) is 5.11 Å². The van der Waals surface area contributed by atoms with Gasteiger partial charge in [-0.15, -0.1) is 0 Å². The van der Waals surface area contributed by atoms with Crippen LogP contribution >= 0.6 is 0 Å². The van der Waals surface area contributed by atoms with Crippen LogP contribution in [0.2, 0.25) is 0 Å².